The summed E-state index contributed by atoms with van der Waals surface area (Å²) in [6.07, 6.45) is 0.881. The van der Waals surface area contributed by atoms with Gasteiger partial charge in [0.1, 0.15) is 11.5 Å². The van der Waals surface area contributed by atoms with E-state index < -0.39 is 0 Å². The highest BCUT2D eigenvalue weighted by Gasteiger charge is 2.30. The lowest BCUT2D eigenvalue weighted by atomic mass is 10.2. The lowest BCUT2D eigenvalue weighted by Crippen LogP contribution is -2.39. The number of aromatic nitrogens is 2. The molecule has 3 aromatic carbocycles. The lowest BCUT2D eigenvalue weighted by molar-refractivity contribution is 0.0738. The zero-order chi connectivity index (χ0) is 27.4. The molecule has 9 heteroatoms. The molecule has 1 saturated heterocycles. The number of nitrogens with one attached hydrogen (secondary N) is 2. The first kappa shape index (κ1) is 25.8. The number of hydrogen-bond donors (Lipinski definition) is 2. The third-order valence-corrected chi connectivity index (χ3v) is 6.95. The fraction of sp³-hybridized carbons (Fsp3) is 0.233. The Labute approximate surface area is 228 Å². The van der Waals surface area contributed by atoms with Crippen molar-refractivity contribution in [2.75, 3.05) is 35.7 Å². The summed E-state index contributed by atoms with van der Waals surface area (Å²) in [5, 5.41) is 10.0. The molecule has 1 aromatic heterocycles. The van der Waals surface area contributed by atoms with Crippen LogP contribution in [0.2, 0.25) is 0 Å². The summed E-state index contributed by atoms with van der Waals surface area (Å²) in [6, 6.07) is 26.1. The molecule has 1 aliphatic heterocycles. The van der Waals surface area contributed by atoms with E-state index in [1.54, 1.807) is 21.7 Å². The number of likely N-dealkylation sites (N-methyl/N-ethyl adjacent to an activating group) is 1. The van der Waals surface area contributed by atoms with Gasteiger partial charge in [0.15, 0.2) is 5.69 Å². The van der Waals surface area contributed by atoms with E-state index in [0.29, 0.717) is 22.8 Å². The number of amides is 3. The van der Waals surface area contributed by atoms with Crippen LogP contribution in [0.25, 0.3) is 0 Å². The van der Waals surface area contributed by atoms with E-state index in [1.807, 2.05) is 93.8 Å². The second-order valence-corrected chi connectivity index (χ2v) is 9.66. The van der Waals surface area contributed by atoms with Crippen molar-refractivity contribution in [2.45, 2.75) is 19.4 Å². The van der Waals surface area contributed by atoms with Crippen LogP contribution >= 0.6 is 0 Å². The molecular weight excluding hydrogens is 492 g/mol. The van der Waals surface area contributed by atoms with Gasteiger partial charge in [0, 0.05) is 49.9 Å². The van der Waals surface area contributed by atoms with Crippen molar-refractivity contribution in [3.05, 3.63) is 96.3 Å². The number of nitrogens with zero attached hydrogens (tertiary/aromatic N) is 4. The summed E-state index contributed by atoms with van der Waals surface area (Å²) in [7, 11) is 3.68. The first-order chi connectivity index (χ1) is 18.9. The number of benzene rings is 3. The molecule has 0 radical (unpaired) electrons. The SMILES string of the molecule is Cc1cc(C(=O)N(C)C2CCN(c3ccc(NC(=O)Nc4ccc(Oc5ccccc5)cc4)cc3)C2)nn1C. The average Bonchev–Trinajstić information content (AvgIpc) is 3.57. The number of rotatable bonds is 7. The normalized spacial score (nSPS) is 14.6. The molecule has 0 bridgehead atoms. The molecule has 39 heavy (non-hydrogen) atoms. The minimum Gasteiger partial charge on any atom is -0.457 e. The Morgan fingerprint density at radius 3 is 2.15 bits per heavy atom. The molecular formula is C30H32N6O3. The number of carbonyl (C=O) groups is 2. The molecule has 9 nitrogen and oxygen atoms in total. The van der Waals surface area contributed by atoms with Gasteiger partial charge in [-0.05, 0) is 80.1 Å². The van der Waals surface area contributed by atoms with Gasteiger partial charge in [0.05, 0.1) is 6.04 Å². The standard InChI is InChI=1S/C30H32N6O3/c1-21-19-28(33-35(21)3)29(37)34(2)25-17-18-36(20-25)24-13-9-22(10-14-24)31-30(38)32-23-11-15-27(16-12-23)39-26-7-5-4-6-8-26/h4-16,19,25H,17-18,20H2,1-3H3,(H2,31,32,38). The smallest absolute Gasteiger partial charge is 0.323 e. The van der Waals surface area contributed by atoms with Crippen LogP contribution in [-0.4, -0.2) is 52.8 Å². The van der Waals surface area contributed by atoms with Crippen LogP contribution in [0.15, 0.2) is 84.9 Å². The van der Waals surface area contributed by atoms with Gasteiger partial charge in [-0.3, -0.25) is 9.48 Å². The van der Waals surface area contributed by atoms with E-state index in [-0.39, 0.29) is 18.0 Å². The Morgan fingerprint density at radius 2 is 1.54 bits per heavy atom. The van der Waals surface area contributed by atoms with E-state index in [4.69, 9.17) is 4.74 Å². The Hall–Kier alpha value is -4.79. The fourth-order valence-corrected chi connectivity index (χ4v) is 4.58. The van der Waals surface area contributed by atoms with Gasteiger partial charge in [-0.25, -0.2) is 4.79 Å². The zero-order valence-electron chi connectivity index (χ0n) is 22.3. The quantitative estimate of drug-likeness (QED) is 0.332. The third kappa shape index (κ3) is 6.20. The summed E-state index contributed by atoms with van der Waals surface area (Å²) in [6.45, 7) is 3.52. The minimum absolute atomic E-state index is 0.0607. The van der Waals surface area contributed by atoms with Crippen LogP contribution in [0.5, 0.6) is 11.5 Å². The summed E-state index contributed by atoms with van der Waals surface area (Å²) >= 11 is 0. The van der Waals surface area contributed by atoms with Crippen LogP contribution in [-0.2, 0) is 7.05 Å². The van der Waals surface area contributed by atoms with E-state index >= 15 is 0 Å². The van der Waals surface area contributed by atoms with Crippen molar-refractivity contribution >= 4 is 29.0 Å². The summed E-state index contributed by atoms with van der Waals surface area (Å²) in [5.41, 5.74) is 3.82. The third-order valence-electron chi connectivity index (χ3n) is 6.95. The van der Waals surface area contributed by atoms with Gasteiger partial charge in [0.2, 0.25) is 0 Å². The highest BCUT2D eigenvalue weighted by Crippen LogP contribution is 2.26. The summed E-state index contributed by atoms with van der Waals surface area (Å²) in [4.78, 5) is 29.4. The van der Waals surface area contributed by atoms with Gasteiger partial charge in [-0.15, -0.1) is 0 Å². The summed E-state index contributed by atoms with van der Waals surface area (Å²) in [5.74, 6) is 1.38. The van der Waals surface area contributed by atoms with Gasteiger partial charge in [-0.1, -0.05) is 18.2 Å². The Morgan fingerprint density at radius 1 is 0.923 bits per heavy atom. The maximum atomic E-state index is 12.9. The molecule has 0 spiro atoms. The number of para-hydroxylation sites is 1. The summed E-state index contributed by atoms with van der Waals surface area (Å²) < 4.78 is 7.51. The van der Waals surface area contributed by atoms with E-state index in [2.05, 4.69) is 20.6 Å². The van der Waals surface area contributed by atoms with E-state index in [1.165, 1.54) is 0 Å². The topological polar surface area (TPSA) is 91.7 Å². The largest absolute Gasteiger partial charge is 0.457 e. The molecule has 3 amide bonds. The first-order valence-corrected chi connectivity index (χ1v) is 12.9. The molecule has 4 aromatic rings. The Balaban J connectivity index is 1.11. The molecule has 0 saturated carbocycles. The van der Waals surface area contributed by atoms with Gasteiger partial charge in [-0.2, -0.15) is 5.10 Å². The van der Waals surface area contributed by atoms with Crippen molar-refractivity contribution in [1.29, 1.82) is 0 Å². The number of carbonyl (C=O) groups excluding carboxylic acids is 2. The maximum absolute atomic E-state index is 12.9. The van der Waals surface area contributed by atoms with E-state index in [0.717, 1.165) is 36.6 Å². The van der Waals surface area contributed by atoms with Crippen LogP contribution in [0.4, 0.5) is 21.9 Å². The number of aryl methyl sites for hydroxylation is 2. The highest BCUT2D eigenvalue weighted by atomic mass is 16.5. The number of ether oxygens (including phenoxy) is 1. The molecule has 200 valence electrons. The van der Waals surface area contributed by atoms with Crippen molar-refractivity contribution in [3.63, 3.8) is 0 Å². The maximum Gasteiger partial charge on any atom is 0.323 e. The van der Waals surface area contributed by atoms with Gasteiger partial charge < -0.3 is 25.2 Å². The zero-order valence-corrected chi connectivity index (χ0v) is 22.3. The predicted molar refractivity (Wildman–Crippen MR) is 153 cm³/mol. The second kappa shape index (κ2) is 11.3. The Bertz CT molecular complexity index is 1410. The molecule has 2 N–H and O–H groups in total. The van der Waals surface area contributed by atoms with E-state index in [9.17, 15) is 9.59 Å². The van der Waals surface area contributed by atoms with Crippen molar-refractivity contribution in [2.24, 2.45) is 7.05 Å². The van der Waals surface area contributed by atoms with Gasteiger partial charge in [0.25, 0.3) is 5.91 Å². The number of urea groups is 1. The average molecular weight is 525 g/mol. The molecule has 1 unspecified atom stereocenters. The highest BCUT2D eigenvalue weighted by molar-refractivity contribution is 5.99. The van der Waals surface area contributed by atoms with Crippen molar-refractivity contribution in [1.82, 2.24) is 14.7 Å². The number of hydrogen-bond acceptors (Lipinski definition) is 5. The molecule has 0 aliphatic carbocycles. The first-order valence-electron chi connectivity index (χ1n) is 12.9. The van der Waals surface area contributed by atoms with Crippen LogP contribution < -0.4 is 20.3 Å². The molecule has 1 aliphatic rings. The Kier molecular flexibility index (Phi) is 7.49. The van der Waals surface area contributed by atoms with Gasteiger partial charge >= 0.3 is 6.03 Å². The van der Waals surface area contributed by atoms with Crippen molar-refractivity contribution in [3.8, 4) is 11.5 Å². The number of anilines is 3. The predicted octanol–water partition coefficient (Wildman–Crippen LogP) is 5.52. The van der Waals surface area contributed by atoms with Crippen LogP contribution in [0, 0.1) is 6.92 Å². The van der Waals surface area contributed by atoms with Crippen LogP contribution in [0.1, 0.15) is 22.6 Å². The molecule has 1 fully saturated rings. The fourth-order valence-electron chi connectivity index (χ4n) is 4.58. The van der Waals surface area contributed by atoms with Crippen molar-refractivity contribution < 1.29 is 14.3 Å². The minimum atomic E-state index is -0.328. The molecule has 1 atom stereocenters. The van der Waals surface area contributed by atoms with Crippen LogP contribution in [0.3, 0.4) is 0 Å². The molecule has 5 rings (SSSR count). The molecule has 2 heterocycles. The monoisotopic (exact) mass is 524 g/mol. The lowest BCUT2D eigenvalue weighted by Gasteiger charge is -2.25. The second-order valence-electron chi connectivity index (χ2n) is 9.66.